The SMILES string of the molecule is CCCn1c(-c2c(F)c(F)c(F)c(F)c2F)n[nH]c1=S. The monoisotopic (exact) mass is 309 g/mol. The van der Waals surface area contributed by atoms with Gasteiger partial charge in [-0.2, -0.15) is 5.10 Å². The van der Waals surface area contributed by atoms with E-state index in [-0.39, 0.29) is 11.3 Å². The molecule has 0 saturated carbocycles. The summed E-state index contributed by atoms with van der Waals surface area (Å²) in [6, 6.07) is 0. The Morgan fingerprint density at radius 2 is 1.50 bits per heavy atom. The minimum absolute atomic E-state index is 0.0331. The molecule has 0 aliphatic heterocycles. The number of halogens is 5. The number of aromatic nitrogens is 3. The molecule has 1 aromatic heterocycles. The van der Waals surface area contributed by atoms with Crippen molar-refractivity contribution in [2.24, 2.45) is 0 Å². The summed E-state index contributed by atoms with van der Waals surface area (Å²) >= 11 is 4.85. The Bertz CT molecular complexity index is 693. The first-order chi connectivity index (χ1) is 9.40. The minimum atomic E-state index is -2.21. The van der Waals surface area contributed by atoms with Crippen molar-refractivity contribution in [2.45, 2.75) is 19.9 Å². The number of rotatable bonds is 3. The molecule has 0 amide bonds. The third kappa shape index (κ3) is 2.11. The Hall–Kier alpha value is -1.77. The summed E-state index contributed by atoms with van der Waals surface area (Å²) in [6.07, 6.45) is 0.538. The molecule has 20 heavy (non-hydrogen) atoms. The zero-order valence-electron chi connectivity index (χ0n) is 10.1. The summed E-state index contributed by atoms with van der Waals surface area (Å²) in [6.45, 7) is 1.99. The lowest BCUT2D eigenvalue weighted by Gasteiger charge is -2.09. The first-order valence-electron chi connectivity index (χ1n) is 5.57. The van der Waals surface area contributed by atoms with Crippen LogP contribution in [0.25, 0.3) is 11.4 Å². The molecule has 2 aromatic rings. The molecule has 0 aliphatic carbocycles. The number of aromatic amines is 1. The number of H-pyrrole nitrogens is 1. The maximum Gasteiger partial charge on any atom is 0.200 e. The van der Waals surface area contributed by atoms with Crippen LogP contribution < -0.4 is 0 Å². The Morgan fingerprint density at radius 1 is 1.00 bits per heavy atom. The fraction of sp³-hybridized carbons (Fsp3) is 0.273. The van der Waals surface area contributed by atoms with E-state index in [0.717, 1.165) is 0 Å². The predicted octanol–water partition coefficient (Wildman–Crippen LogP) is 3.71. The van der Waals surface area contributed by atoms with E-state index < -0.39 is 40.5 Å². The Kier molecular flexibility index (Phi) is 3.89. The second-order valence-corrected chi connectivity index (χ2v) is 4.34. The van der Waals surface area contributed by atoms with E-state index in [0.29, 0.717) is 6.42 Å². The molecule has 0 atom stereocenters. The van der Waals surface area contributed by atoms with Crippen molar-refractivity contribution in [3.63, 3.8) is 0 Å². The van der Waals surface area contributed by atoms with E-state index >= 15 is 0 Å². The van der Waals surface area contributed by atoms with Gasteiger partial charge < -0.3 is 4.57 Å². The van der Waals surface area contributed by atoms with Gasteiger partial charge in [0, 0.05) is 6.54 Å². The number of benzene rings is 1. The summed E-state index contributed by atoms with van der Waals surface area (Å²) in [5.74, 6) is -10.5. The smallest absolute Gasteiger partial charge is 0.200 e. The van der Waals surface area contributed by atoms with E-state index in [4.69, 9.17) is 12.2 Å². The maximum absolute atomic E-state index is 13.7. The topological polar surface area (TPSA) is 33.6 Å². The average Bonchev–Trinajstić information content (AvgIpc) is 2.77. The second-order valence-electron chi connectivity index (χ2n) is 3.95. The minimum Gasteiger partial charge on any atom is -0.300 e. The highest BCUT2D eigenvalue weighted by atomic mass is 32.1. The van der Waals surface area contributed by atoms with Crippen molar-refractivity contribution in [3.8, 4) is 11.4 Å². The van der Waals surface area contributed by atoms with Crippen LogP contribution >= 0.6 is 12.2 Å². The molecule has 9 heteroatoms. The first-order valence-corrected chi connectivity index (χ1v) is 5.98. The van der Waals surface area contributed by atoms with Gasteiger partial charge in [-0.25, -0.2) is 22.0 Å². The van der Waals surface area contributed by atoms with Crippen LogP contribution in [0.5, 0.6) is 0 Å². The van der Waals surface area contributed by atoms with Crippen LogP contribution in [0.1, 0.15) is 13.3 Å². The van der Waals surface area contributed by atoms with Crippen LogP contribution in [0.15, 0.2) is 0 Å². The van der Waals surface area contributed by atoms with Gasteiger partial charge in [0.25, 0.3) is 0 Å². The normalized spacial score (nSPS) is 11.1. The molecule has 0 spiro atoms. The Balaban J connectivity index is 2.80. The van der Waals surface area contributed by atoms with Gasteiger partial charge >= 0.3 is 0 Å². The maximum atomic E-state index is 13.7. The second kappa shape index (κ2) is 5.31. The van der Waals surface area contributed by atoms with Gasteiger partial charge in [-0.15, -0.1) is 0 Å². The highest BCUT2D eigenvalue weighted by Crippen LogP contribution is 2.30. The molecule has 0 saturated heterocycles. The largest absolute Gasteiger partial charge is 0.300 e. The van der Waals surface area contributed by atoms with Crippen LogP contribution in [-0.4, -0.2) is 14.8 Å². The third-order valence-corrected chi connectivity index (χ3v) is 2.95. The van der Waals surface area contributed by atoms with Crippen molar-refractivity contribution in [3.05, 3.63) is 33.9 Å². The summed E-state index contributed by atoms with van der Waals surface area (Å²) in [4.78, 5) is 0. The predicted molar refractivity (Wildman–Crippen MR) is 62.9 cm³/mol. The molecule has 0 aliphatic rings. The number of nitrogens with one attached hydrogen (secondary N) is 1. The van der Waals surface area contributed by atoms with Crippen LogP contribution in [0, 0.1) is 33.9 Å². The molecule has 1 heterocycles. The quantitative estimate of drug-likeness (QED) is 0.406. The van der Waals surface area contributed by atoms with Crippen LogP contribution in [0.2, 0.25) is 0 Å². The summed E-state index contributed by atoms with van der Waals surface area (Å²) in [5, 5.41) is 5.82. The number of nitrogens with zero attached hydrogens (tertiary/aromatic N) is 2. The highest BCUT2D eigenvalue weighted by molar-refractivity contribution is 7.71. The molecule has 0 radical (unpaired) electrons. The van der Waals surface area contributed by atoms with Crippen molar-refractivity contribution in [2.75, 3.05) is 0 Å². The van der Waals surface area contributed by atoms with E-state index in [1.165, 1.54) is 4.57 Å². The van der Waals surface area contributed by atoms with Crippen molar-refractivity contribution in [1.29, 1.82) is 0 Å². The zero-order valence-corrected chi connectivity index (χ0v) is 10.9. The third-order valence-electron chi connectivity index (χ3n) is 2.64. The van der Waals surface area contributed by atoms with Crippen LogP contribution in [0.4, 0.5) is 22.0 Å². The molecule has 0 fully saturated rings. The van der Waals surface area contributed by atoms with Gasteiger partial charge in [-0.1, -0.05) is 6.92 Å². The zero-order chi connectivity index (χ0) is 15.0. The Morgan fingerprint density at radius 3 is 2.00 bits per heavy atom. The fourth-order valence-electron chi connectivity index (χ4n) is 1.74. The molecule has 2 rings (SSSR count). The van der Waals surface area contributed by atoms with Gasteiger partial charge in [0.1, 0.15) is 0 Å². The van der Waals surface area contributed by atoms with Crippen LogP contribution in [-0.2, 0) is 6.54 Å². The van der Waals surface area contributed by atoms with Gasteiger partial charge in [0.2, 0.25) is 5.82 Å². The molecule has 0 bridgehead atoms. The van der Waals surface area contributed by atoms with Gasteiger partial charge in [0.05, 0.1) is 5.56 Å². The lowest BCUT2D eigenvalue weighted by atomic mass is 10.1. The molecule has 0 unspecified atom stereocenters. The van der Waals surface area contributed by atoms with E-state index in [1.54, 1.807) is 6.92 Å². The lowest BCUT2D eigenvalue weighted by Crippen LogP contribution is -2.08. The molecule has 3 nitrogen and oxygen atoms in total. The van der Waals surface area contributed by atoms with Crippen molar-refractivity contribution in [1.82, 2.24) is 14.8 Å². The summed E-state index contributed by atoms with van der Waals surface area (Å²) in [7, 11) is 0. The standard InChI is InChI=1S/C11H8F5N3S/c1-2-3-19-10(17-18-11(19)20)4-5(12)7(14)9(16)8(15)6(4)13/h2-3H2,1H3,(H,18,20). The fourth-order valence-corrected chi connectivity index (χ4v) is 1.96. The highest BCUT2D eigenvalue weighted by Gasteiger charge is 2.29. The molecule has 1 N–H and O–H groups in total. The van der Waals surface area contributed by atoms with E-state index in [9.17, 15) is 22.0 Å². The van der Waals surface area contributed by atoms with Crippen molar-refractivity contribution >= 4 is 12.2 Å². The molecular weight excluding hydrogens is 301 g/mol. The van der Waals surface area contributed by atoms with E-state index in [2.05, 4.69) is 10.2 Å². The number of hydrogen-bond donors (Lipinski definition) is 1. The van der Waals surface area contributed by atoms with E-state index in [1.807, 2.05) is 0 Å². The van der Waals surface area contributed by atoms with Crippen LogP contribution in [0.3, 0.4) is 0 Å². The average molecular weight is 309 g/mol. The summed E-state index contributed by atoms with van der Waals surface area (Å²) < 4.78 is 67.9. The van der Waals surface area contributed by atoms with Gasteiger partial charge in [0.15, 0.2) is 33.9 Å². The Labute approximate surface area is 115 Å². The molecule has 108 valence electrons. The molecular formula is C11H8F5N3S. The van der Waals surface area contributed by atoms with Gasteiger partial charge in [-0.3, -0.25) is 5.10 Å². The molecule has 1 aromatic carbocycles. The first kappa shape index (κ1) is 14.6. The summed E-state index contributed by atoms with van der Waals surface area (Å²) in [5.41, 5.74) is -1.10. The van der Waals surface area contributed by atoms with Crippen molar-refractivity contribution < 1.29 is 22.0 Å². The number of hydrogen-bond acceptors (Lipinski definition) is 2. The lowest BCUT2D eigenvalue weighted by molar-refractivity contribution is 0.380. The van der Waals surface area contributed by atoms with Gasteiger partial charge in [-0.05, 0) is 18.6 Å².